The summed E-state index contributed by atoms with van der Waals surface area (Å²) in [4.78, 5) is 0. The molecule has 0 aromatic carbocycles. The van der Waals surface area contributed by atoms with Crippen LogP contribution in [0.15, 0.2) is 0 Å². The lowest BCUT2D eigenvalue weighted by Crippen LogP contribution is -2.33. The SMILES string of the molecule is CNC1(COC(C)C)CC1. The zero-order chi connectivity index (χ0) is 7.61. The summed E-state index contributed by atoms with van der Waals surface area (Å²) in [6.07, 6.45) is 2.91. The molecule has 0 aliphatic heterocycles. The Morgan fingerprint density at radius 1 is 1.50 bits per heavy atom. The van der Waals surface area contributed by atoms with Crippen molar-refractivity contribution >= 4 is 0 Å². The Labute approximate surface area is 63.0 Å². The van der Waals surface area contributed by atoms with Crippen LogP contribution in [-0.2, 0) is 4.74 Å². The highest BCUT2D eigenvalue weighted by molar-refractivity contribution is 5.00. The van der Waals surface area contributed by atoms with Gasteiger partial charge in [-0.3, -0.25) is 0 Å². The number of hydrogen-bond donors (Lipinski definition) is 1. The van der Waals surface area contributed by atoms with Gasteiger partial charge in [-0.25, -0.2) is 0 Å². The predicted octanol–water partition coefficient (Wildman–Crippen LogP) is 1.16. The van der Waals surface area contributed by atoms with Gasteiger partial charge in [0.1, 0.15) is 0 Å². The van der Waals surface area contributed by atoms with Crippen molar-refractivity contribution in [3.05, 3.63) is 0 Å². The Morgan fingerprint density at radius 2 is 2.10 bits per heavy atom. The van der Waals surface area contributed by atoms with E-state index in [4.69, 9.17) is 4.74 Å². The summed E-state index contributed by atoms with van der Waals surface area (Å²) in [7, 11) is 2.01. The van der Waals surface area contributed by atoms with Crippen LogP contribution in [0.25, 0.3) is 0 Å². The van der Waals surface area contributed by atoms with E-state index < -0.39 is 0 Å². The number of rotatable bonds is 4. The number of ether oxygens (including phenoxy) is 1. The summed E-state index contributed by atoms with van der Waals surface area (Å²) < 4.78 is 5.50. The van der Waals surface area contributed by atoms with Gasteiger partial charge in [0.2, 0.25) is 0 Å². The fourth-order valence-electron chi connectivity index (χ4n) is 0.944. The van der Waals surface area contributed by atoms with Gasteiger partial charge in [-0.05, 0) is 33.7 Å². The average Bonchev–Trinajstić information content (AvgIpc) is 2.64. The minimum absolute atomic E-state index is 0.351. The van der Waals surface area contributed by atoms with Crippen molar-refractivity contribution in [1.82, 2.24) is 5.32 Å². The maximum atomic E-state index is 5.50. The molecule has 0 amide bonds. The van der Waals surface area contributed by atoms with Crippen molar-refractivity contribution in [1.29, 1.82) is 0 Å². The standard InChI is InChI=1S/C8H17NO/c1-7(2)10-6-8(9-3)4-5-8/h7,9H,4-6H2,1-3H3. The number of likely N-dealkylation sites (N-methyl/N-ethyl adjacent to an activating group) is 1. The molecule has 1 fully saturated rings. The molecule has 1 N–H and O–H groups in total. The second kappa shape index (κ2) is 2.89. The maximum absolute atomic E-state index is 5.50. The zero-order valence-electron chi connectivity index (χ0n) is 7.11. The van der Waals surface area contributed by atoms with Gasteiger partial charge < -0.3 is 10.1 Å². The molecule has 10 heavy (non-hydrogen) atoms. The molecule has 2 heteroatoms. The lowest BCUT2D eigenvalue weighted by molar-refractivity contribution is 0.0571. The molecule has 0 heterocycles. The van der Waals surface area contributed by atoms with E-state index in [0.717, 1.165) is 6.61 Å². The van der Waals surface area contributed by atoms with Crippen LogP contribution in [0.2, 0.25) is 0 Å². The molecule has 2 nitrogen and oxygen atoms in total. The molecular weight excluding hydrogens is 126 g/mol. The van der Waals surface area contributed by atoms with Crippen molar-refractivity contribution in [2.45, 2.75) is 38.3 Å². The number of hydrogen-bond acceptors (Lipinski definition) is 2. The average molecular weight is 143 g/mol. The summed E-state index contributed by atoms with van der Waals surface area (Å²) in [5.74, 6) is 0. The van der Waals surface area contributed by atoms with Crippen LogP contribution >= 0.6 is 0 Å². The molecule has 0 saturated heterocycles. The molecular formula is C8H17NO. The minimum atomic E-state index is 0.351. The van der Waals surface area contributed by atoms with E-state index in [1.807, 2.05) is 7.05 Å². The fourth-order valence-corrected chi connectivity index (χ4v) is 0.944. The Balaban J connectivity index is 2.13. The highest BCUT2D eigenvalue weighted by Gasteiger charge is 2.41. The molecule has 0 aromatic heterocycles. The fraction of sp³-hybridized carbons (Fsp3) is 1.00. The molecule has 0 unspecified atom stereocenters. The zero-order valence-corrected chi connectivity index (χ0v) is 7.11. The summed E-state index contributed by atoms with van der Waals surface area (Å²) in [5.41, 5.74) is 0.351. The number of nitrogens with one attached hydrogen (secondary N) is 1. The maximum Gasteiger partial charge on any atom is 0.0651 e. The monoisotopic (exact) mass is 143 g/mol. The summed E-state index contributed by atoms with van der Waals surface area (Å²) in [6, 6.07) is 0. The van der Waals surface area contributed by atoms with Gasteiger partial charge in [-0.2, -0.15) is 0 Å². The summed E-state index contributed by atoms with van der Waals surface area (Å²) in [5, 5.41) is 3.28. The predicted molar refractivity (Wildman–Crippen MR) is 42.1 cm³/mol. The van der Waals surface area contributed by atoms with Crippen molar-refractivity contribution in [2.24, 2.45) is 0 Å². The molecule has 1 saturated carbocycles. The molecule has 0 bridgehead atoms. The van der Waals surface area contributed by atoms with E-state index in [0.29, 0.717) is 11.6 Å². The summed E-state index contributed by atoms with van der Waals surface area (Å²) >= 11 is 0. The molecule has 0 radical (unpaired) electrons. The van der Waals surface area contributed by atoms with Crippen LogP contribution in [0.5, 0.6) is 0 Å². The molecule has 0 spiro atoms. The third-order valence-corrected chi connectivity index (χ3v) is 2.08. The molecule has 0 atom stereocenters. The van der Waals surface area contributed by atoms with Gasteiger partial charge >= 0.3 is 0 Å². The van der Waals surface area contributed by atoms with Crippen LogP contribution in [0.4, 0.5) is 0 Å². The third-order valence-electron chi connectivity index (χ3n) is 2.08. The molecule has 1 aliphatic rings. The molecule has 0 aromatic rings. The van der Waals surface area contributed by atoms with Crippen molar-refractivity contribution in [3.63, 3.8) is 0 Å². The molecule has 1 aliphatic carbocycles. The van der Waals surface area contributed by atoms with E-state index in [9.17, 15) is 0 Å². The van der Waals surface area contributed by atoms with Crippen molar-refractivity contribution < 1.29 is 4.74 Å². The Hall–Kier alpha value is -0.0800. The van der Waals surface area contributed by atoms with E-state index in [2.05, 4.69) is 19.2 Å². The van der Waals surface area contributed by atoms with Gasteiger partial charge in [0.25, 0.3) is 0 Å². The smallest absolute Gasteiger partial charge is 0.0651 e. The van der Waals surface area contributed by atoms with Crippen LogP contribution in [0.1, 0.15) is 26.7 Å². The highest BCUT2D eigenvalue weighted by atomic mass is 16.5. The van der Waals surface area contributed by atoms with Gasteiger partial charge in [0.05, 0.1) is 12.7 Å². The topological polar surface area (TPSA) is 21.3 Å². The minimum Gasteiger partial charge on any atom is -0.377 e. The summed E-state index contributed by atoms with van der Waals surface area (Å²) in [6.45, 7) is 5.03. The first-order chi connectivity index (χ1) is 4.68. The second-order valence-corrected chi connectivity index (χ2v) is 3.39. The van der Waals surface area contributed by atoms with Gasteiger partial charge in [-0.1, -0.05) is 0 Å². The van der Waals surface area contributed by atoms with E-state index >= 15 is 0 Å². The first-order valence-electron chi connectivity index (χ1n) is 3.99. The lowest BCUT2D eigenvalue weighted by atomic mass is 10.3. The molecule has 60 valence electrons. The normalized spacial score (nSPS) is 21.6. The second-order valence-electron chi connectivity index (χ2n) is 3.39. The van der Waals surface area contributed by atoms with Crippen LogP contribution in [0.3, 0.4) is 0 Å². The third kappa shape index (κ3) is 1.96. The largest absolute Gasteiger partial charge is 0.377 e. The Bertz CT molecular complexity index is 108. The van der Waals surface area contributed by atoms with Crippen LogP contribution in [0, 0.1) is 0 Å². The Morgan fingerprint density at radius 3 is 2.40 bits per heavy atom. The first kappa shape index (κ1) is 8.02. The van der Waals surface area contributed by atoms with E-state index in [1.54, 1.807) is 0 Å². The van der Waals surface area contributed by atoms with E-state index in [-0.39, 0.29) is 0 Å². The molecule has 1 rings (SSSR count). The first-order valence-corrected chi connectivity index (χ1v) is 3.99. The van der Waals surface area contributed by atoms with E-state index in [1.165, 1.54) is 12.8 Å². The van der Waals surface area contributed by atoms with Gasteiger partial charge in [0, 0.05) is 5.54 Å². The van der Waals surface area contributed by atoms with Crippen molar-refractivity contribution in [2.75, 3.05) is 13.7 Å². The van der Waals surface area contributed by atoms with Crippen LogP contribution < -0.4 is 5.32 Å². The van der Waals surface area contributed by atoms with Gasteiger partial charge in [0.15, 0.2) is 0 Å². The van der Waals surface area contributed by atoms with Crippen molar-refractivity contribution in [3.8, 4) is 0 Å². The van der Waals surface area contributed by atoms with Gasteiger partial charge in [-0.15, -0.1) is 0 Å². The quantitative estimate of drug-likeness (QED) is 0.637. The van der Waals surface area contributed by atoms with Crippen LogP contribution in [-0.4, -0.2) is 25.3 Å². The Kier molecular flexibility index (Phi) is 2.32. The highest BCUT2D eigenvalue weighted by Crippen LogP contribution is 2.35. The lowest BCUT2D eigenvalue weighted by Gasteiger charge is -2.15.